The van der Waals surface area contributed by atoms with Gasteiger partial charge in [0.25, 0.3) is 5.91 Å². The van der Waals surface area contributed by atoms with E-state index in [0.29, 0.717) is 23.7 Å². The minimum atomic E-state index is -3.58. The highest BCUT2D eigenvalue weighted by Gasteiger charge is 2.41. The lowest BCUT2D eigenvalue weighted by Crippen LogP contribution is -2.61. The molecule has 2 aliphatic rings. The first-order valence-corrected chi connectivity index (χ1v) is 10.3. The van der Waals surface area contributed by atoms with Gasteiger partial charge < -0.3 is 9.64 Å². The van der Waals surface area contributed by atoms with E-state index in [2.05, 4.69) is 5.10 Å². The van der Waals surface area contributed by atoms with Gasteiger partial charge in [-0.25, -0.2) is 8.42 Å². The number of hydrogen-bond acceptors (Lipinski definition) is 5. The second kappa shape index (κ2) is 6.74. The number of aromatic nitrogens is 2. The number of amides is 1. The largest absolute Gasteiger partial charge is 0.369 e. The summed E-state index contributed by atoms with van der Waals surface area (Å²) in [4.78, 5) is 14.8. The van der Waals surface area contributed by atoms with Gasteiger partial charge in [-0.05, 0) is 30.7 Å². The van der Waals surface area contributed by atoms with Crippen molar-refractivity contribution in [3.63, 3.8) is 0 Å². The Labute approximate surface area is 158 Å². The molecule has 0 spiro atoms. The molecule has 0 N–H and O–H groups in total. The molecular formula is C18H22N4O4S. The van der Waals surface area contributed by atoms with Gasteiger partial charge in [-0.15, -0.1) is 0 Å². The number of benzene rings is 1. The summed E-state index contributed by atoms with van der Waals surface area (Å²) in [5.74, 6) is -0.108. The van der Waals surface area contributed by atoms with E-state index in [9.17, 15) is 13.2 Å². The molecule has 2 aliphatic heterocycles. The molecule has 27 heavy (non-hydrogen) atoms. The van der Waals surface area contributed by atoms with Crippen LogP contribution in [0.3, 0.4) is 0 Å². The molecule has 2 fully saturated rings. The van der Waals surface area contributed by atoms with Crippen LogP contribution in [0.1, 0.15) is 16.1 Å². The highest BCUT2D eigenvalue weighted by molar-refractivity contribution is 7.89. The van der Waals surface area contributed by atoms with Gasteiger partial charge in [-0.3, -0.25) is 9.48 Å². The standard InChI is InChI=1S/C18H22N4O4S/c1-13-4-3-5-16(8-13)27(24,25)22-11-14-9-21(10-15(12-22)26-14)18(23)17-6-7-19-20(17)2/h3-8,14-15H,9-12H2,1-2H3. The van der Waals surface area contributed by atoms with Crippen molar-refractivity contribution in [2.75, 3.05) is 26.2 Å². The lowest BCUT2D eigenvalue weighted by Gasteiger charge is -2.45. The van der Waals surface area contributed by atoms with Gasteiger partial charge in [0.05, 0.1) is 17.1 Å². The molecule has 1 aromatic carbocycles. The number of rotatable bonds is 3. The molecule has 2 unspecified atom stereocenters. The Balaban J connectivity index is 1.51. The Hall–Kier alpha value is -2.23. The fourth-order valence-corrected chi connectivity index (χ4v) is 5.30. The Morgan fingerprint density at radius 1 is 1.15 bits per heavy atom. The molecule has 2 aromatic rings. The fraction of sp³-hybridized carbons (Fsp3) is 0.444. The second-order valence-electron chi connectivity index (χ2n) is 7.07. The maximum Gasteiger partial charge on any atom is 0.272 e. The summed E-state index contributed by atoms with van der Waals surface area (Å²) in [6.07, 6.45) is 0.911. The van der Waals surface area contributed by atoms with Gasteiger partial charge in [-0.1, -0.05) is 12.1 Å². The Kier molecular flexibility index (Phi) is 4.53. The van der Waals surface area contributed by atoms with Crippen LogP contribution in [0.2, 0.25) is 0 Å². The number of nitrogens with zero attached hydrogens (tertiary/aromatic N) is 4. The van der Waals surface area contributed by atoms with Gasteiger partial charge in [0.1, 0.15) is 5.69 Å². The van der Waals surface area contributed by atoms with Crippen LogP contribution >= 0.6 is 0 Å². The van der Waals surface area contributed by atoms with E-state index >= 15 is 0 Å². The normalized spacial score (nSPS) is 23.4. The summed E-state index contributed by atoms with van der Waals surface area (Å²) in [6, 6.07) is 8.60. The van der Waals surface area contributed by atoms with Crippen molar-refractivity contribution in [3.8, 4) is 0 Å². The van der Waals surface area contributed by atoms with E-state index in [-0.39, 0.29) is 31.2 Å². The fourth-order valence-electron chi connectivity index (χ4n) is 3.69. The molecule has 2 bridgehead atoms. The van der Waals surface area contributed by atoms with E-state index in [4.69, 9.17) is 4.74 Å². The third kappa shape index (κ3) is 3.38. The average molecular weight is 390 g/mol. The molecule has 144 valence electrons. The predicted molar refractivity (Wildman–Crippen MR) is 97.7 cm³/mol. The van der Waals surface area contributed by atoms with Crippen molar-refractivity contribution < 1.29 is 17.9 Å². The number of carbonyl (C=O) groups excluding carboxylic acids is 1. The van der Waals surface area contributed by atoms with Gasteiger partial charge in [-0.2, -0.15) is 9.40 Å². The third-order valence-corrected chi connectivity index (χ3v) is 6.83. The van der Waals surface area contributed by atoms with Crippen molar-refractivity contribution in [1.29, 1.82) is 0 Å². The number of sulfonamides is 1. The molecule has 2 atom stereocenters. The molecule has 2 saturated heterocycles. The number of carbonyl (C=O) groups is 1. The van der Waals surface area contributed by atoms with E-state index in [0.717, 1.165) is 5.56 Å². The molecule has 0 radical (unpaired) electrons. The Morgan fingerprint density at radius 2 is 1.85 bits per heavy atom. The predicted octanol–water partition coefficient (Wildman–Crippen LogP) is 0.643. The van der Waals surface area contributed by atoms with E-state index in [1.165, 1.54) is 4.31 Å². The summed E-state index contributed by atoms with van der Waals surface area (Å²) in [5, 5.41) is 4.04. The van der Waals surface area contributed by atoms with E-state index < -0.39 is 10.0 Å². The Bertz CT molecular complexity index is 957. The maximum absolute atomic E-state index is 13.0. The molecular weight excluding hydrogens is 368 g/mol. The topological polar surface area (TPSA) is 84.7 Å². The molecule has 1 aromatic heterocycles. The zero-order valence-corrected chi connectivity index (χ0v) is 16.1. The zero-order valence-electron chi connectivity index (χ0n) is 15.3. The van der Waals surface area contributed by atoms with Gasteiger partial charge in [0.15, 0.2) is 0 Å². The average Bonchev–Trinajstić information content (AvgIpc) is 3.06. The maximum atomic E-state index is 13.0. The number of fused-ring (bicyclic) bond motifs is 2. The number of aryl methyl sites for hydroxylation is 2. The molecule has 1 amide bonds. The third-order valence-electron chi connectivity index (χ3n) is 5.00. The van der Waals surface area contributed by atoms with Gasteiger partial charge in [0, 0.05) is 39.4 Å². The van der Waals surface area contributed by atoms with Crippen LogP contribution in [0.4, 0.5) is 0 Å². The SMILES string of the molecule is Cc1cccc(S(=O)(=O)N2CC3CN(C(=O)c4ccnn4C)CC(C2)O3)c1. The quantitative estimate of drug-likeness (QED) is 0.768. The van der Waals surface area contributed by atoms with Gasteiger partial charge in [0.2, 0.25) is 10.0 Å². The van der Waals surface area contributed by atoms with Crippen LogP contribution in [0, 0.1) is 6.92 Å². The van der Waals surface area contributed by atoms with Crippen molar-refractivity contribution in [2.24, 2.45) is 7.05 Å². The summed E-state index contributed by atoms with van der Waals surface area (Å²) < 4.78 is 34.9. The van der Waals surface area contributed by atoms with E-state index in [1.807, 2.05) is 13.0 Å². The zero-order chi connectivity index (χ0) is 19.2. The monoisotopic (exact) mass is 390 g/mol. The molecule has 0 saturated carbocycles. The summed E-state index contributed by atoms with van der Waals surface area (Å²) in [6.45, 7) is 3.07. The highest BCUT2D eigenvalue weighted by atomic mass is 32.2. The molecule has 4 rings (SSSR count). The minimum absolute atomic E-state index is 0.108. The molecule has 3 heterocycles. The van der Waals surface area contributed by atoms with Crippen LogP contribution in [-0.4, -0.2) is 71.7 Å². The number of hydrogen-bond donors (Lipinski definition) is 0. The number of morpholine rings is 2. The van der Waals surface area contributed by atoms with Crippen LogP contribution in [0.15, 0.2) is 41.4 Å². The first-order chi connectivity index (χ1) is 12.8. The lowest BCUT2D eigenvalue weighted by atomic mass is 10.1. The lowest BCUT2D eigenvalue weighted by molar-refractivity contribution is -0.113. The summed E-state index contributed by atoms with van der Waals surface area (Å²) >= 11 is 0. The second-order valence-corrected chi connectivity index (χ2v) is 9.01. The van der Waals surface area contributed by atoms with Crippen molar-refractivity contribution in [3.05, 3.63) is 47.8 Å². The first kappa shape index (κ1) is 18.1. The van der Waals surface area contributed by atoms with Crippen molar-refractivity contribution >= 4 is 15.9 Å². The Morgan fingerprint density at radius 3 is 2.44 bits per heavy atom. The summed E-state index contributed by atoms with van der Waals surface area (Å²) in [7, 11) is -1.85. The van der Waals surface area contributed by atoms with Crippen molar-refractivity contribution in [2.45, 2.75) is 24.0 Å². The smallest absolute Gasteiger partial charge is 0.272 e. The molecule has 8 nitrogen and oxygen atoms in total. The summed E-state index contributed by atoms with van der Waals surface area (Å²) in [5.41, 5.74) is 1.41. The van der Waals surface area contributed by atoms with Crippen LogP contribution in [0.25, 0.3) is 0 Å². The number of ether oxygens (including phenoxy) is 1. The first-order valence-electron chi connectivity index (χ1n) is 8.84. The minimum Gasteiger partial charge on any atom is -0.369 e. The highest BCUT2D eigenvalue weighted by Crippen LogP contribution is 2.26. The van der Waals surface area contributed by atoms with Crippen LogP contribution in [0.5, 0.6) is 0 Å². The van der Waals surface area contributed by atoms with Crippen molar-refractivity contribution in [1.82, 2.24) is 19.0 Å². The molecule has 0 aliphatic carbocycles. The van der Waals surface area contributed by atoms with E-state index in [1.54, 1.807) is 47.1 Å². The van der Waals surface area contributed by atoms with Crippen LogP contribution < -0.4 is 0 Å². The van der Waals surface area contributed by atoms with Crippen LogP contribution in [-0.2, 0) is 21.8 Å². The van der Waals surface area contributed by atoms with Gasteiger partial charge >= 0.3 is 0 Å². The molecule has 9 heteroatoms.